The summed E-state index contributed by atoms with van der Waals surface area (Å²) in [4.78, 5) is 30.2. The number of carbonyl (C=O) groups excluding carboxylic acids is 1. The van der Waals surface area contributed by atoms with Gasteiger partial charge in [0.25, 0.3) is 5.91 Å². The Morgan fingerprint density at radius 2 is 1.85 bits per heavy atom. The number of rotatable bonds is 8. The first-order chi connectivity index (χ1) is 16.5. The number of anilines is 1. The molecule has 0 saturated carbocycles. The average molecular weight is 455 g/mol. The van der Waals surface area contributed by atoms with Crippen molar-refractivity contribution in [3.05, 3.63) is 78.0 Å². The molecule has 0 fully saturated rings. The van der Waals surface area contributed by atoms with E-state index in [2.05, 4.69) is 69.5 Å². The zero-order valence-electron chi connectivity index (χ0n) is 20.0. The van der Waals surface area contributed by atoms with Gasteiger partial charge in [-0.15, -0.1) is 0 Å². The number of nitrogens with one attached hydrogen (secondary N) is 2. The summed E-state index contributed by atoms with van der Waals surface area (Å²) >= 11 is 0. The summed E-state index contributed by atoms with van der Waals surface area (Å²) in [6.07, 6.45) is 6.09. The van der Waals surface area contributed by atoms with Crippen LogP contribution < -0.4 is 10.6 Å². The van der Waals surface area contributed by atoms with Crippen molar-refractivity contribution in [3.63, 3.8) is 0 Å². The van der Waals surface area contributed by atoms with Crippen LogP contribution in [0.2, 0.25) is 0 Å². The van der Waals surface area contributed by atoms with Gasteiger partial charge in [0.15, 0.2) is 0 Å². The van der Waals surface area contributed by atoms with Crippen LogP contribution in [0.5, 0.6) is 0 Å². The summed E-state index contributed by atoms with van der Waals surface area (Å²) in [5, 5.41) is 6.98. The number of benzene rings is 1. The molecule has 3 heterocycles. The first-order valence-corrected chi connectivity index (χ1v) is 11.6. The summed E-state index contributed by atoms with van der Waals surface area (Å²) in [6.45, 7) is 7.17. The second kappa shape index (κ2) is 10.4. The molecule has 1 atom stereocenters. The molecule has 0 radical (unpaired) electrons. The fourth-order valence-electron chi connectivity index (χ4n) is 4.02. The number of nitrogens with zero attached hydrogens (tertiary/aromatic N) is 4. The molecule has 7 nitrogen and oxygen atoms in total. The Kier molecular flexibility index (Phi) is 7.11. The second-order valence-corrected chi connectivity index (χ2v) is 8.89. The molecule has 1 amide bonds. The van der Waals surface area contributed by atoms with Crippen LogP contribution in [0.1, 0.15) is 48.3 Å². The summed E-state index contributed by atoms with van der Waals surface area (Å²) in [5.41, 5.74) is 5.43. The van der Waals surface area contributed by atoms with Crippen LogP contribution in [0.3, 0.4) is 0 Å². The minimum atomic E-state index is -0.115. The van der Waals surface area contributed by atoms with Gasteiger partial charge in [0.2, 0.25) is 0 Å². The number of aromatic nitrogens is 4. The summed E-state index contributed by atoms with van der Waals surface area (Å²) in [5.74, 6) is 1.35. The van der Waals surface area contributed by atoms with Crippen LogP contribution in [0, 0.1) is 5.92 Å². The number of carbonyl (C=O) groups is 1. The van der Waals surface area contributed by atoms with E-state index in [1.54, 1.807) is 25.6 Å². The van der Waals surface area contributed by atoms with Gasteiger partial charge in [-0.2, -0.15) is 0 Å². The molecule has 174 valence electrons. The molecule has 0 aliphatic carbocycles. The number of amides is 1. The molecule has 0 unspecified atom stereocenters. The number of pyridine rings is 2. The molecule has 0 aliphatic rings. The monoisotopic (exact) mass is 454 g/mol. The number of fused-ring (bicyclic) bond motifs is 1. The zero-order chi connectivity index (χ0) is 24.1. The Bertz CT molecular complexity index is 1290. The lowest BCUT2D eigenvalue weighted by Crippen LogP contribution is -2.18. The first-order valence-electron chi connectivity index (χ1n) is 11.6. The molecule has 0 aliphatic heterocycles. The van der Waals surface area contributed by atoms with Gasteiger partial charge in [-0.05, 0) is 36.1 Å². The van der Waals surface area contributed by atoms with Gasteiger partial charge in [-0.25, -0.2) is 9.97 Å². The van der Waals surface area contributed by atoms with Gasteiger partial charge in [0.05, 0.1) is 16.8 Å². The van der Waals surface area contributed by atoms with E-state index in [-0.39, 0.29) is 11.8 Å². The molecule has 1 aromatic carbocycles. The Morgan fingerprint density at radius 3 is 2.59 bits per heavy atom. The topological polar surface area (TPSA) is 92.7 Å². The van der Waals surface area contributed by atoms with E-state index in [9.17, 15) is 4.79 Å². The smallest absolute Gasteiger partial charge is 0.251 e. The molecule has 0 bridgehead atoms. The third-order valence-electron chi connectivity index (χ3n) is 5.80. The van der Waals surface area contributed by atoms with Crippen molar-refractivity contribution in [1.82, 2.24) is 25.3 Å². The predicted octanol–water partition coefficient (Wildman–Crippen LogP) is 4.86. The highest BCUT2D eigenvalue weighted by atomic mass is 16.1. The van der Waals surface area contributed by atoms with Gasteiger partial charge >= 0.3 is 0 Å². The van der Waals surface area contributed by atoms with E-state index in [0.29, 0.717) is 18.0 Å². The summed E-state index contributed by atoms with van der Waals surface area (Å²) in [7, 11) is 1.64. The highest BCUT2D eigenvalue weighted by Gasteiger charge is 2.15. The fourth-order valence-corrected chi connectivity index (χ4v) is 4.02. The Balaban J connectivity index is 1.50. The van der Waals surface area contributed by atoms with Crippen molar-refractivity contribution >= 4 is 22.6 Å². The third kappa shape index (κ3) is 5.20. The Morgan fingerprint density at radius 1 is 1.00 bits per heavy atom. The predicted molar refractivity (Wildman–Crippen MR) is 136 cm³/mol. The minimum absolute atomic E-state index is 0.115. The largest absolute Gasteiger partial charge is 0.369 e. The molecular weight excluding hydrogens is 424 g/mol. The standard InChI is InChI=1S/C27H30N6O/c1-17(2)12-20-9-8-19(15-30-20)24-13-25(33-16-32-24)31-14-18(3)21-6-5-7-22-23(27(34)28-4)10-11-29-26(21)22/h5-11,13,15-18H,12,14H2,1-4H3,(H,28,34)(H,31,32,33)/t18-/m1/s1. The molecule has 4 rings (SSSR count). The number of hydrogen-bond acceptors (Lipinski definition) is 6. The average Bonchev–Trinajstić information content (AvgIpc) is 2.86. The maximum atomic E-state index is 12.3. The van der Waals surface area contributed by atoms with Crippen molar-refractivity contribution < 1.29 is 4.79 Å². The Hall–Kier alpha value is -3.87. The summed E-state index contributed by atoms with van der Waals surface area (Å²) in [6, 6.07) is 13.8. The SMILES string of the molecule is CNC(=O)c1ccnc2c([C@H](C)CNc3cc(-c4ccc(CC(C)C)nc4)ncn3)cccc12. The molecular formula is C27H30N6O. The van der Waals surface area contributed by atoms with Crippen molar-refractivity contribution in [1.29, 1.82) is 0 Å². The van der Waals surface area contributed by atoms with Crippen molar-refractivity contribution in [2.75, 3.05) is 18.9 Å². The maximum absolute atomic E-state index is 12.3. The van der Waals surface area contributed by atoms with Gasteiger partial charge in [-0.3, -0.25) is 14.8 Å². The van der Waals surface area contributed by atoms with E-state index in [0.717, 1.165) is 45.7 Å². The van der Waals surface area contributed by atoms with Crippen molar-refractivity contribution in [2.45, 2.75) is 33.1 Å². The van der Waals surface area contributed by atoms with Gasteiger partial charge in [0, 0.05) is 54.6 Å². The summed E-state index contributed by atoms with van der Waals surface area (Å²) < 4.78 is 0. The molecule has 0 spiro atoms. The van der Waals surface area contributed by atoms with Crippen LogP contribution >= 0.6 is 0 Å². The van der Waals surface area contributed by atoms with E-state index >= 15 is 0 Å². The quantitative estimate of drug-likeness (QED) is 0.395. The molecule has 2 N–H and O–H groups in total. The zero-order valence-corrected chi connectivity index (χ0v) is 20.0. The van der Waals surface area contributed by atoms with E-state index in [4.69, 9.17) is 0 Å². The van der Waals surface area contributed by atoms with Gasteiger partial charge in [0.1, 0.15) is 12.1 Å². The van der Waals surface area contributed by atoms with Crippen LogP contribution in [-0.4, -0.2) is 39.4 Å². The highest BCUT2D eigenvalue weighted by Crippen LogP contribution is 2.27. The lowest BCUT2D eigenvalue weighted by Gasteiger charge is -2.16. The maximum Gasteiger partial charge on any atom is 0.251 e. The van der Waals surface area contributed by atoms with Crippen molar-refractivity contribution in [2.24, 2.45) is 5.92 Å². The lowest BCUT2D eigenvalue weighted by atomic mass is 9.96. The third-order valence-corrected chi connectivity index (χ3v) is 5.80. The normalized spacial score (nSPS) is 12.0. The van der Waals surface area contributed by atoms with Crippen LogP contribution in [0.4, 0.5) is 5.82 Å². The van der Waals surface area contributed by atoms with E-state index < -0.39 is 0 Å². The lowest BCUT2D eigenvalue weighted by molar-refractivity contribution is 0.0964. The molecule has 3 aromatic heterocycles. The minimum Gasteiger partial charge on any atom is -0.369 e. The molecule has 0 saturated heterocycles. The number of para-hydroxylation sites is 1. The van der Waals surface area contributed by atoms with Crippen LogP contribution in [-0.2, 0) is 6.42 Å². The fraction of sp³-hybridized carbons (Fsp3) is 0.296. The van der Waals surface area contributed by atoms with Crippen molar-refractivity contribution in [3.8, 4) is 11.3 Å². The van der Waals surface area contributed by atoms with E-state index in [1.807, 2.05) is 24.4 Å². The van der Waals surface area contributed by atoms with Gasteiger partial charge < -0.3 is 10.6 Å². The highest BCUT2D eigenvalue weighted by molar-refractivity contribution is 6.06. The first kappa shape index (κ1) is 23.3. The number of hydrogen-bond donors (Lipinski definition) is 2. The van der Waals surface area contributed by atoms with Crippen LogP contribution in [0.25, 0.3) is 22.2 Å². The Labute approximate surface area is 200 Å². The van der Waals surface area contributed by atoms with E-state index in [1.165, 1.54) is 0 Å². The molecule has 34 heavy (non-hydrogen) atoms. The second-order valence-electron chi connectivity index (χ2n) is 8.89. The molecule has 4 aromatic rings. The molecule has 7 heteroatoms. The van der Waals surface area contributed by atoms with Crippen LogP contribution in [0.15, 0.2) is 61.2 Å². The van der Waals surface area contributed by atoms with Gasteiger partial charge in [-0.1, -0.05) is 39.0 Å².